The van der Waals surface area contributed by atoms with Gasteiger partial charge in [0.05, 0.1) is 0 Å². The van der Waals surface area contributed by atoms with Gasteiger partial charge in [-0.15, -0.1) is 0 Å². The molecule has 1 aliphatic rings. The number of amides is 3. The molecule has 1 aromatic carbocycles. The normalized spacial score (nSPS) is 19.4. The Morgan fingerprint density at radius 3 is 2.78 bits per heavy atom. The van der Waals surface area contributed by atoms with Crippen LogP contribution in [0.1, 0.15) is 36.5 Å². The summed E-state index contributed by atoms with van der Waals surface area (Å²) in [6, 6.07) is 6.32. The van der Waals surface area contributed by atoms with E-state index in [2.05, 4.69) is 42.7 Å². The number of hydrogen-bond donors (Lipinski definition) is 2. The van der Waals surface area contributed by atoms with Crippen molar-refractivity contribution < 1.29 is 9.59 Å². The first-order valence-electron chi connectivity index (χ1n) is 8.22. The molecule has 0 saturated carbocycles. The minimum atomic E-state index is -0.157. The number of aryl methyl sites for hydroxylation is 2. The first kappa shape index (κ1) is 17.3. The zero-order valence-corrected chi connectivity index (χ0v) is 14.5. The number of benzene rings is 1. The van der Waals surface area contributed by atoms with Crippen LogP contribution in [0.4, 0.5) is 4.79 Å². The first-order chi connectivity index (χ1) is 10.8. The lowest BCUT2D eigenvalue weighted by Crippen LogP contribution is -2.52. The quantitative estimate of drug-likeness (QED) is 0.894. The van der Waals surface area contributed by atoms with Gasteiger partial charge in [0.25, 0.3) is 0 Å². The minimum absolute atomic E-state index is 0.0333. The third-order valence-corrected chi connectivity index (χ3v) is 4.36. The van der Waals surface area contributed by atoms with Crippen molar-refractivity contribution >= 4 is 11.9 Å². The Bertz CT molecular complexity index is 586. The molecule has 2 atom stereocenters. The second kappa shape index (κ2) is 7.49. The number of carbonyl (C=O) groups excluding carboxylic acids is 2. The average Bonchev–Trinajstić information content (AvgIpc) is 2.46. The molecule has 5 nitrogen and oxygen atoms in total. The first-order valence-corrected chi connectivity index (χ1v) is 8.22. The summed E-state index contributed by atoms with van der Waals surface area (Å²) in [6.45, 7) is 6.77. The summed E-state index contributed by atoms with van der Waals surface area (Å²) in [7, 11) is 1.77. The van der Waals surface area contributed by atoms with E-state index in [4.69, 9.17) is 0 Å². The molecular weight excluding hydrogens is 290 g/mol. The van der Waals surface area contributed by atoms with Crippen LogP contribution in [-0.2, 0) is 11.2 Å². The predicted molar refractivity (Wildman–Crippen MR) is 91.4 cm³/mol. The highest BCUT2D eigenvalue weighted by Crippen LogP contribution is 2.13. The van der Waals surface area contributed by atoms with Gasteiger partial charge in [0, 0.05) is 32.1 Å². The van der Waals surface area contributed by atoms with Crippen molar-refractivity contribution in [2.75, 3.05) is 13.6 Å². The van der Waals surface area contributed by atoms with Crippen LogP contribution in [0.15, 0.2) is 18.2 Å². The highest BCUT2D eigenvalue weighted by Gasteiger charge is 2.24. The van der Waals surface area contributed by atoms with Gasteiger partial charge in [0.1, 0.15) is 0 Å². The number of urea groups is 1. The molecule has 1 aliphatic heterocycles. The zero-order chi connectivity index (χ0) is 17.0. The van der Waals surface area contributed by atoms with E-state index in [1.54, 1.807) is 11.9 Å². The summed E-state index contributed by atoms with van der Waals surface area (Å²) in [4.78, 5) is 25.2. The molecule has 1 heterocycles. The Labute approximate surface area is 138 Å². The van der Waals surface area contributed by atoms with Gasteiger partial charge in [-0.2, -0.15) is 0 Å². The van der Waals surface area contributed by atoms with Crippen molar-refractivity contribution in [2.45, 2.75) is 52.1 Å². The summed E-state index contributed by atoms with van der Waals surface area (Å²) < 4.78 is 0. The molecule has 2 rings (SSSR count). The lowest BCUT2D eigenvalue weighted by Gasteiger charge is -2.30. The minimum Gasteiger partial charge on any atom is -0.344 e. The Balaban J connectivity index is 1.81. The number of nitrogens with zero attached hydrogens (tertiary/aromatic N) is 1. The number of likely N-dealkylation sites (tertiary alicyclic amines) is 1. The predicted octanol–water partition coefficient (Wildman–Crippen LogP) is 2.15. The van der Waals surface area contributed by atoms with Gasteiger partial charge < -0.3 is 15.5 Å². The van der Waals surface area contributed by atoms with Gasteiger partial charge in [-0.05, 0) is 44.7 Å². The van der Waals surface area contributed by atoms with Crippen LogP contribution >= 0.6 is 0 Å². The summed E-state index contributed by atoms with van der Waals surface area (Å²) in [6.07, 6.45) is 2.02. The van der Waals surface area contributed by atoms with Crippen molar-refractivity contribution in [1.82, 2.24) is 15.5 Å². The fourth-order valence-electron chi connectivity index (χ4n) is 3.04. The van der Waals surface area contributed by atoms with Gasteiger partial charge in [0.15, 0.2) is 0 Å². The van der Waals surface area contributed by atoms with Crippen LogP contribution in [0.5, 0.6) is 0 Å². The maximum atomic E-state index is 12.1. The van der Waals surface area contributed by atoms with Gasteiger partial charge in [-0.3, -0.25) is 4.79 Å². The fraction of sp³-hybridized carbons (Fsp3) is 0.556. The van der Waals surface area contributed by atoms with E-state index in [0.717, 1.165) is 6.42 Å². The molecular formula is C18H27N3O2. The zero-order valence-electron chi connectivity index (χ0n) is 14.5. The molecule has 2 N–H and O–H groups in total. The van der Waals surface area contributed by atoms with Crippen molar-refractivity contribution in [3.05, 3.63) is 34.9 Å². The molecule has 0 unspecified atom stereocenters. The lowest BCUT2D eigenvalue weighted by atomic mass is 10.00. The van der Waals surface area contributed by atoms with Crippen molar-refractivity contribution in [1.29, 1.82) is 0 Å². The standard InChI is InChI=1S/C18H27N3O2/c1-12-5-6-15(13(2)9-12)10-14(3)19-18(23)20-16-7-8-17(22)21(4)11-16/h5-6,9,14,16H,7-8,10-11H2,1-4H3,(H2,19,20,23)/t14-,16-/m1/s1. The molecule has 1 saturated heterocycles. The molecule has 0 aromatic heterocycles. The number of carbonyl (C=O) groups is 2. The Morgan fingerprint density at radius 1 is 1.39 bits per heavy atom. The van der Waals surface area contributed by atoms with Gasteiger partial charge in [-0.1, -0.05) is 23.8 Å². The molecule has 1 aromatic rings. The van der Waals surface area contributed by atoms with E-state index >= 15 is 0 Å². The van der Waals surface area contributed by atoms with Crippen LogP contribution in [0, 0.1) is 13.8 Å². The highest BCUT2D eigenvalue weighted by atomic mass is 16.2. The molecule has 1 fully saturated rings. The smallest absolute Gasteiger partial charge is 0.315 e. The molecule has 3 amide bonds. The third-order valence-electron chi connectivity index (χ3n) is 4.36. The molecule has 5 heteroatoms. The summed E-state index contributed by atoms with van der Waals surface area (Å²) in [5.74, 6) is 0.145. The Hall–Kier alpha value is -2.04. The van der Waals surface area contributed by atoms with E-state index in [9.17, 15) is 9.59 Å². The average molecular weight is 317 g/mol. The van der Waals surface area contributed by atoms with Crippen LogP contribution in [0.3, 0.4) is 0 Å². The number of likely N-dealkylation sites (N-methyl/N-ethyl adjacent to an activating group) is 1. The number of piperidine rings is 1. The van der Waals surface area contributed by atoms with Gasteiger partial charge >= 0.3 is 6.03 Å². The molecule has 126 valence electrons. The van der Waals surface area contributed by atoms with Gasteiger partial charge in [-0.25, -0.2) is 4.79 Å². The second-order valence-corrected chi connectivity index (χ2v) is 6.66. The lowest BCUT2D eigenvalue weighted by molar-refractivity contribution is -0.132. The molecule has 0 spiro atoms. The van der Waals surface area contributed by atoms with Crippen LogP contribution in [-0.4, -0.2) is 42.5 Å². The number of nitrogens with one attached hydrogen (secondary N) is 2. The van der Waals surface area contributed by atoms with E-state index < -0.39 is 0 Å². The van der Waals surface area contributed by atoms with E-state index in [1.807, 2.05) is 6.92 Å². The van der Waals surface area contributed by atoms with E-state index in [0.29, 0.717) is 19.4 Å². The summed E-state index contributed by atoms with van der Waals surface area (Å²) in [5, 5.41) is 5.96. The number of hydrogen-bond acceptors (Lipinski definition) is 2. The van der Waals surface area contributed by atoms with Gasteiger partial charge in [0.2, 0.25) is 5.91 Å². The molecule has 0 radical (unpaired) electrons. The van der Waals surface area contributed by atoms with Crippen LogP contribution in [0.25, 0.3) is 0 Å². The maximum Gasteiger partial charge on any atom is 0.315 e. The largest absolute Gasteiger partial charge is 0.344 e. The molecule has 23 heavy (non-hydrogen) atoms. The topological polar surface area (TPSA) is 61.4 Å². The Morgan fingerprint density at radius 2 is 2.13 bits per heavy atom. The molecule has 0 bridgehead atoms. The Kier molecular flexibility index (Phi) is 5.64. The van der Waals surface area contributed by atoms with Crippen molar-refractivity contribution in [3.8, 4) is 0 Å². The third kappa shape index (κ3) is 4.98. The maximum absolute atomic E-state index is 12.1. The van der Waals surface area contributed by atoms with E-state index in [-0.39, 0.29) is 24.0 Å². The molecule has 0 aliphatic carbocycles. The summed E-state index contributed by atoms with van der Waals surface area (Å²) >= 11 is 0. The van der Waals surface area contributed by atoms with E-state index in [1.165, 1.54) is 16.7 Å². The van der Waals surface area contributed by atoms with Crippen LogP contribution in [0.2, 0.25) is 0 Å². The SMILES string of the molecule is Cc1ccc(C[C@@H](C)NC(=O)N[C@@H]2CCC(=O)N(C)C2)c(C)c1. The monoisotopic (exact) mass is 317 g/mol. The fourth-order valence-corrected chi connectivity index (χ4v) is 3.04. The highest BCUT2D eigenvalue weighted by molar-refractivity contribution is 5.78. The second-order valence-electron chi connectivity index (χ2n) is 6.66. The van der Waals surface area contributed by atoms with Crippen molar-refractivity contribution in [2.24, 2.45) is 0 Å². The van der Waals surface area contributed by atoms with Crippen LogP contribution < -0.4 is 10.6 Å². The summed E-state index contributed by atoms with van der Waals surface area (Å²) in [5.41, 5.74) is 3.76. The van der Waals surface area contributed by atoms with Crippen molar-refractivity contribution in [3.63, 3.8) is 0 Å². The number of rotatable bonds is 4.